The highest BCUT2D eigenvalue weighted by Gasteiger charge is 2.15. The van der Waals surface area contributed by atoms with Gasteiger partial charge in [-0.05, 0) is 47.8 Å². The van der Waals surface area contributed by atoms with E-state index in [1.54, 1.807) is 18.2 Å². The summed E-state index contributed by atoms with van der Waals surface area (Å²) in [6, 6.07) is 10.5. The van der Waals surface area contributed by atoms with Crippen LogP contribution in [0.4, 0.5) is 13.2 Å². The zero-order chi connectivity index (χ0) is 17.4. The summed E-state index contributed by atoms with van der Waals surface area (Å²) in [6.07, 6.45) is 0. The molecule has 2 heterocycles. The Kier molecular flexibility index (Phi) is 3.85. The first kappa shape index (κ1) is 15.6. The summed E-state index contributed by atoms with van der Waals surface area (Å²) in [4.78, 5) is 8.74. The second-order valence-electron chi connectivity index (χ2n) is 5.17. The van der Waals surface area contributed by atoms with Gasteiger partial charge in [0.15, 0.2) is 17.4 Å². The van der Waals surface area contributed by atoms with E-state index in [2.05, 4.69) is 9.97 Å². The third-order valence-corrected chi connectivity index (χ3v) is 4.37. The van der Waals surface area contributed by atoms with Gasteiger partial charge in [0.1, 0.15) is 16.3 Å². The van der Waals surface area contributed by atoms with Crippen LogP contribution in [0.1, 0.15) is 0 Å². The highest BCUT2D eigenvalue weighted by Crippen LogP contribution is 2.34. The van der Waals surface area contributed by atoms with E-state index >= 15 is 0 Å². The molecule has 0 saturated carbocycles. The molecule has 124 valence electrons. The van der Waals surface area contributed by atoms with Crippen LogP contribution in [0.3, 0.4) is 0 Å². The van der Waals surface area contributed by atoms with E-state index in [-0.39, 0.29) is 17.4 Å². The number of rotatable bonds is 3. The summed E-state index contributed by atoms with van der Waals surface area (Å²) in [6.45, 7) is 0. The minimum atomic E-state index is -0.827. The maximum atomic E-state index is 13.9. The van der Waals surface area contributed by atoms with Crippen LogP contribution < -0.4 is 4.74 Å². The van der Waals surface area contributed by atoms with Crippen molar-refractivity contribution >= 4 is 21.6 Å². The third kappa shape index (κ3) is 3.06. The monoisotopic (exact) mass is 358 g/mol. The number of nitrogens with zero attached hydrogens (tertiary/aromatic N) is 2. The van der Waals surface area contributed by atoms with Gasteiger partial charge in [0.2, 0.25) is 5.88 Å². The second kappa shape index (κ2) is 6.18. The summed E-state index contributed by atoms with van der Waals surface area (Å²) in [5.74, 6) is -1.55. The normalized spacial score (nSPS) is 11.0. The lowest BCUT2D eigenvalue weighted by Crippen LogP contribution is -1.96. The maximum Gasteiger partial charge on any atom is 0.241 e. The van der Waals surface area contributed by atoms with Crippen molar-refractivity contribution in [1.29, 1.82) is 0 Å². The standard InChI is InChI=1S/C18H9F3N2OS/c19-11-3-1-10(2-4-11)17-22-14-7-8-25-16(14)18(23-17)24-15-6-5-12(20)9-13(15)21/h1-9H. The molecular weight excluding hydrogens is 349 g/mol. The molecule has 4 rings (SSSR count). The Labute approximate surface area is 144 Å². The smallest absolute Gasteiger partial charge is 0.241 e. The molecule has 25 heavy (non-hydrogen) atoms. The molecule has 0 spiro atoms. The summed E-state index contributed by atoms with van der Waals surface area (Å²) < 4.78 is 46.3. The van der Waals surface area contributed by atoms with Gasteiger partial charge in [-0.25, -0.2) is 18.2 Å². The fraction of sp³-hybridized carbons (Fsp3) is 0. The number of hydrogen-bond acceptors (Lipinski definition) is 4. The van der Waals surface area contributed by atoms with E-state index < -0.39 is 11.6 Å². The van der Waals surface area contributed by atoms with Crippen LogP contribution in [-0.2, 0) is 0 Å². The molecule has 0 aliphatic heterocycles. The molecule has 4 aromatic rings. The Balaban J connectivity index is 1.82. The SMILES string of the molecule is Fc1ccc(-c2nc(Oc3ccc(F)cc3F)c3sccc3n2)cc1. The molecule has 3 nitrogen and oxygen atoms in total. The van der Waals surface area contributed by atoms with Crippen LogP contribution in [0.5, 0.6) is 11.6 Å². The van der Waals surface area contributed by atoms with E-state index in [9.17, 15) is 13.2 Å². The number of halogens is 3. The van der Waals surface area contributed by atoms with Gasteiger partial charge in [0, 0.05) is 11.6 Å². The Morgan fingerprint density at radius 2 is 1.60 bits per heavy atom. The molecule has 2 aromatic heterocycles. The lowest BCUT2D eigenvalue weighted by Gasteiger charge is -2.09. The number of aromatic nitrogens is 2. The Hall–Kier alpha value is -2.93. The fourth-order valence-electron chi connectivity index (χ4n) is 2.30. The van der Waals surface area contributed by atoms with Crippen molar-refractivity contribution in [1.82, 2.24) is 9.97 Å². The molecule has 7 heteroatoms. The average Bonchev–Trinajstić information content (AvgIpc) is 3.07. The summed E-state index contributed by atoms with van der Waals surface area (Å²) in [5.41, 5.74) is 1.22. The number of thiophene rings is 1. The highest BCUT2D eigenvalue weighted by atomic mass is 32.1. The fourth-order valence-corrected chi connectivity index (χ4v) is 3.05. The van der Waals surface area contributed by atoms with Gasteiger partial charge in [-0.3, -0.25) is 0 Å². The van der Waals surface area contributed by atoms with Crippen LogP contribution in [0.15, 0.2) is 53.9 Å². The van der Waals surface area contributed by atoms with Gasteiger partial charge in [-0.2, -0.15) is 4.98 Å². The molecule has 0 radical (unpaired) electrons. The molecule has 0 N–H and O–H groups in total. The van der Waals surface area contributed by atoms with Gasteiger partial charge in [-0.15, -0.1) is 11.3 Å². The topological polar surface area (TPSA) is 35.0 Å². The maximum absolute atomic E-state index is 13.9. The van der Waals surface area contributed by atoms with Crippen LogP contribution in [0.25, 0.3) is 21.6 Å². The summed E-state index contributed by atoms with van der Waals surface area (Å²) in [5, 5.41) is 1.81. The van der Waals surface area contributed by atoms with E-state index in [0.717, 1.165) is 12.1 Å². The molecule has 0 unspecified atom stereocenters. The highest BCUT2D eigenvalue weighted by molar-refractivity contribution is 7.17. The number of ether oxygens (including phenoxy) is 1. The van der Waals surface area contributed by atoms with Crippen molar-refractivity contribution in [3.8, 4) is 23.0 Å². The first-order valence-corrected chi connectivity index (χ1v) is 8.12. The van der Waals surface area contributed by atoms with Crippen molar-refractivity contribution in [2.75, 3.05) is 0 Å². The molecule has 0 amide bonds. The minimum absolute atomic E-state index is 0.139. The Morgan fingerprint density at radius 1 is 0.840 bits per heavy atom. The van der Waals surface area contributed by atoms with Gasteiger partial charge < -0.3 is 4.74 Å². The second-order valence-corrected chi connectivity index (χ2v) is 6.09. The molecule has 0 bridgehead atoms. The zero-order valence-corrected chi connectivity index (χ0v) is 13.4. The lowest BCUT2D eigenvalue weighted by molar-refractivity contribution is 0.429. The largest absolute Gasteiger partial charge is 0.434 e. The molecule has 0 fully saturated rings. The number of benzene rings is 2. The van der Waals surface area contributed by atoms with Crippen molar-refractivity contribution in [3.05, 3.63) is 71.4 Å². The van der Waals surface area contributed by atoms with Crippen molar-refractivity contribution < 1.29 is 17.9 Å². The molecule has 0 saturated heterocycles. The van der Waals surface area contributed by atoms with Crippen molar-refractivity contribution in [3.63, 3.8) is 0 Å². The third-order valence-electron chi connectivity index (χ3n) is 3.48. The predicted molar refractivity (Wildman–Crippen MR) is 89.2 cm³/mol. The molecule has 0 atom stereocenters. The zero-order valence-electron chi connectivity index (χ0n) is 12.5. The van der Waals surface area contributed by atoms with Crippen LogP contribution in [-0.4, -0.2) is 9.97 Å². The Bertz CT molecular complexity index is 1060. The van der Waals surface area contributed by atoms with E-state index in [1.165, 1.54) is 29.5 Å². The molecule has 0 aliphatic rings. The van der Waals surface area contributed by atoms with Crippen molar-refractivity contribution in [2.24, 2.45) is 0 Å². The average molecular weight is 358 g/mol. The molecule has 2 aromatic carbocycles. The molecular formula is C18H9F3N2OS. The van der Waals surface area contributed by atoms with Crippen LogP contribution in [0, 0.1) is 17.5 Å². The first-order valence-electron chi connectivity index (χ1n) is 7.24. The van der Waals surface area contributed by atoms with Gasteiger partial charge in [0.05, 0.1) is 5.52 Å². The lowest BCUT2D eigenvalue weighted by atomic mass is 10.2. The minimum Gasteiger partial charge on any atom is -0.434 e. The van der Waals surface area contributed by atoms with E-state index in [0.29, 0.717) is 21.6 Å². The number of hydrogen-bond donors (Lipinski definition) is 0. The van der Waals surface area contributed by atoms with Crippen LogP contribution >= 0.6 is 11.3 Å². The van der Waals surface area contributed by atoms with E-state index in [4.69, 9.17) is 4.74 Å². The quantitative estimate of drug-likeness (QED) is 0.480. The summed E-state index contributed by atoms with van der Waals surface area (Å²) in [7, 11) is 0. The molecule has 0 aliphatic carbocycles. The van der Waals surface area contributed by atoms with Crippen molar-refractivity contribution in [2.45, 2.75) is 0 Å². The summed E-state index contributed by atoms with van der Waals surface area (Å²) >= 11 is 1.34. The number of fused-ring (bicyclic) bond motifs is 1. The first-order chi connectivity index (χ1) is 12.1. The Morgan fingerprint density at radius 3 is 2.36 bits per heavy atom. The van der Waals surface area contributed by atoms with E-state index in [1.807, 2.05) is 5.38 Å². The van der Waals surface area contributed by atoms with Gasteiger partial charge in [-0.1, -0.05) is 0 Å². The van der Waals surface area contributed by atoms with Crippen LogP contribution in [0.2, 0.25) is 0 Å². The predicted octanol–water partition coefficient (Wildman–Crippen LogP) is 5.57. The van der Waals surface area contributed by atoms with Gasteiger partial charge in [0.25, 0.3) is 0 Å². The van der Waals surface area contributed by atoms with Gasteiger partial charge >= 0.3 is 0 Å².